The monoisotopic (exact) mass is 189 g/mol. The summed E-state index contributed by atoms with van der Waals surface area (Å²) in [6.45, 7) is 2.04. The van der Waals surface area contributed by atoms with Crippen molar-refractivity contribution in [1.82, 2.24) is 0 Å². The van der Waals surface area contributed by atoms with E-state index in [0.29, 0.717) is 0 Å². The lowest BCUT2D eigenvalue weighted by Gasteiger charge is -2.04. The van der Waals surface area contributed by atoms with Gasteiger partial charge in [-0.05, 0) is 12.8 Å². The molecule has 0 saturated heterocycles. The first-order valence-electron chi connectivity index (χ1n) is 2.74. The Morgan fingerprint density at radius 3 is 2.30 bits per heavy atom. The van der Waals surface area contributed by atoms with Crippen molar-refractivity contribution in [3.63, 3.8) is 0 Å². The zero-order chi connectivity index (χ0) is 6.41. The molecule has 0 aliphatic heterocycles. The highest BCUT2D eigenvalue weighted by molar-refractivity contribution is 5.85. The van der Waals surface area contributed by atoms with Gasteiger partial charge in [0.2, 0.25) is 0 Å². The second kappa shape index (κ2) is 12.2. The van der Waals surface area contributed by atoms with Crippen LogP contribution in [0.15, 0.2) is 0 Å². The Labute approximate surface area is 74.3 Å². The average Bonchev–Trinajstić information content (AvgIpc) is 1.83. The molecule has 0 aromatic carbocycles. The van der Waals surface area contributed by atoms with E-state index in [0.717, 1.165) is 12.8 Å². The predicted octanol–water partition coefficient (Wildman–Crippen LogP) is 1.01. The summed E-state index contributed by atoms with van der Waals surface area (Å²) in [5.41, 5.74) is 5.28. The summed E-state index contributed by atoms with van der Waals surface area (Å²) in [6, 6.07) is 0. The molecule has 65 valence electrons. The van der Waals surface area contributed by atoms with Crippen LogP contribution < -0.4 is 11.6 Å². The van der Waals surface area contributed by atoms with E-state index in [1.54, 1.807) is 0 Å². The smallest absolute Gasteiger partial charge is 0.127 e. The summed E-state index contributed by atoms with van der Waals surface area (Å²) >= 11 is 0. The normalized spacial score (nSPS) is 11.1. The van der Waals surface area contributed by atoms with Gasteiger partial charge in [-0.1, -0.05) is 13.3 Å². The third kappa shape index (κ3) is 11.3. The van der Waals surface area contributed by atoms with Crippen LogP contribution >= 0.6 is 24.8 Å². The van der Waals surface area contributed by atoms with E-state index >= 15 is 0 Å². The Kier molecular flexibility index (Phi) is 20.5. The van der Waals surface area contributed by atoms with Gasteiger partial charge in [0.25, 0.3) is 0 Å². The van der Waals surface area contributed by atoms with Gasteiger partial charge in [0.1, 0.15) is 6.23 Å². The fraction of sp³-hybridized carbons (Fsp3) is 0.800. The minimum atomic E-state index is -0.324. The average molecular weight is 190 g/mol. The topological polar surface area (TPSA) is 61.3 Å². The Morgan fingerprint density at radius 1 is 1.50 bits per heavy atom. The molecule has 5 heteroatoms. The number of nitrogens with two attached hydrogens (primary N) is 2. The maximum Gasteiger partial charge on any atom is 0.127 e. The molecular weight excluding hydrogens is 175 g/mol. The van der Waals surface area contributed by atoms with Crippen molar-refractivity contribution in [2.75, 3.05) is 0 Å². The molecule has 0 saturated carbocycles. The highest BCUT2D eigenvalue weighted by Crippen LogP contribution is 1.94. The fourth-order valence-corrected chi connectivity index (χ4v) is 0.386. The second-order valence-corrected chi connectivity index (χ2v) is 1.61. The van der Waals surface area contributed by atoms with Gasteiger partial charge in [0.05, 0.1) is 0 Å². The van der Waals surface area contributed by atoms with Crippen LogP contribution in [0.2, 0.25) is 0 Å². The van der Waals surface area contributed by atoms with Crippen molar-refractivity contribution in [2.45, 2.75) is 26.0 Å². The van der Waals surface area contributed by atoms with Crippen LogP contribution in [-0.4, -0.2) is 6.23 Å². The van der Waals surface area contributed by atoms with Crippen LogP contribution in [0.3, 0.4) is 0 Å². The molecule has 1 unspecified atom stereocenters. The summed E-state index contributed by atoms with van der Waals surface area (Å²) in [6.07, 6.45) is 3.44. The maximum atomic E-state index is 5.28. The number of rotatable bonds is 4. The van der Waals surface area contributed by atoms with E-state index in [1.807, 2.05) is 13.3 Å². The molecule has 4 N–H and O–H groups in total. The molecule has 10 heavy (non-hydrogen) atoms. The summed E-state index contributed by atoms with van der Waals surface area (Å²) in [4.78, 5) is 4.30. The molecule has 0 aromatic rings. The van der Waals surface area contributed by atoms with Gasteiger partial charge in [0.15, 0.2) is 0 Å². The molecule has 0 aliphatic carbocycles. The molecule has 1 atom stereocenters. The number of hydrogen-bond acceptors (Lipinski definition) is 3. The van der Waals surface area contributed by atoms with Gasteiger partial charge in [-0.25, -0.2) is 5.90 Å². The zero-order valence-electron chi connectivity index (χ0n) is 5.95. The molecule has 0 amide bonds. The Morgan fingerprint density at radius 2 is 2.00 bits per heavy atom. The largest absolute Gasteiger partial charge is 0.304 e. The quantitative estimate of drug-likeness (QED) is 0.513. The van der Waals surface area contributed by atoms with Gasteiger partial charge in [0, 0.05) is 0 Å². The fourth-order valence-electron chi connectivity index (χ4n) is 0.386. The van der Waals surface area contributed by atoms with Crippen molar-refractivity contribution >= 4 is 24.8 Å². The van der Waals surface area contributed by atoms with Crippen LogP contribution in [-0.2, 0) is 4.84 Å². The van der Waals surface area contributed by atoms with Crippen LogP contribution in [0.5, 0.6) is 0 Å². The van der Waals surface area contributed by atoms with E-state index in [-0.39, 0.29) is 31.0 Å². The summed E-state index contributed by atoms with van der Waals surface area (Å²) in [5, 5.41) is 0. The van der Waals surface area contributed by atoms with Crippen molar-refractivity contribution in [2.24, 2.45) is 11.6 Å². The van der Waals surface area contributed by atoms with Gasteiger partial charge in [-0.3, -0.25) is 4.84 Å². The van der Waals surface area contributed by atoms with E-state index in [4.69, 9.17) is 11.6 Å². The third-order valence-electron chi connectivity index (χ3n) is 0.862. The van der Waals surface area contributed by atoms with Gasteiger partial charge in [-0.15, -0.1) is 24.8 Å². The predicted molar refractivity (Wildman–Crippen MR) is 47.0 cm³/mol. The molecule has 0 spiro atoms. The maximum absolute atomic E-state index is 5.28. The first-order chi connectivity index (χ1) is 3.81. The Balaban J connectivity index is -0.000000245. The molecular formula is C5H15Cl2N2O. The molecule has 0 aliphatic rings. The molecule has 0 aromatic heterocycles. The second-order valence-electron chi connectivity index (χ2n) is 1.61. The first-order valence-corrected chi connectivity index (χ1v) is 2.74. The Bertz CT molecular complexity index is 56.9. The van der Waals surface area contributed by atoms with E-state index < -0.39 is 0 Å². The number of hydrogen-bond donors (Lipinski definition) is 2. The van der Waals surface area contributed by atoms with Gasteiger partial charge in [-0.2, -0.15) is 0 Å². The first kappa shape index (κ1) is 16.8. The lowest BCUT2D eigenvalue weighted by molar-refractivity contribution is 0.0573. The third-order valence-corrected chi connectivity index (χ3v) is 0.862. The molecule has 0 heterocycles. The van der Waals surface area contributed by atoms with Crippen molar-refractivity contribution in [1.29, 1.82) is 0 Å². The lowest BCUT2D eigenvalue weighted by atomic mass is 10.2. The van der Waals surface area contributed by atoms with Crippen molar-refractivity contribution in [3.8, 4) is 0 Å². The molecule has 1 radical (unpaired) electrons. The summed E-state index contributed by atoms with van der Waals surface area (Å²) in [5.74, 6) is 4.77. The van der Waals surface area contributed by atoms with E-state index in [1.165, 1.54) is 0 Å². The number of halogens is 2. The van der Waals surface area contributed by atoms with Crippen LogP contribution in [0.4, 0.5) is 0 Å². The molecule has 0 fully saturated rings. The van der Waals surface area contributed by atoms with Crippen LogP contribution in [0, 0.1) is 6.42 Å². The standard InChI is InChI=1S/C5H13N2O.2ClH/c1-2-3-4-5(6)8-7;;/h3,5H,2,4,6-7H2,1H3;2*1H. The van der Waals surface area contributed by atoms with Crippen molar-refractivity contribution < 1.29 is 4.84 Å². The minimum absolute atomic E-state index is 0. The van der Waals surface area contributed by atoms with E-state index in [9.17, 15) is 0 Å². The SMILES string of the molecule is CC[CH]CC(N)ON.Cl.Cl. The van der Waals surface area contributed by atoms with Gasteiger partial charge >= 0.3 is 0 Å². The van der Waals surface area contributed by atoms with Crippen LogP contribution in [0.25, 0.3) is 0 Å². The van der Waals surface area contributed by atoms with Gasteiger partial charge < -0.3 is 5.73 Å². The summed E-state index contributed by atoms with van der Waals surface area (Å²) < 4.78 is 0. The lowest BCUT2D eigenvalue weighted by Crippen LogP contribution is -2.26. The van der Waals surface area contributed by atoms with Crippen LogP contribution in [0.1, 0.15) is 19.8 Å². The molecule has 3 nitrogen and oxygen atoms in total. The Hall–Kier alpha value is 0.460. The summed E-state index contributed by atoms with van der Waals surface area (Å²) in [7, 11) is 0. The molecule has 0 bridgehead atoms. The highest BCUT2D eigenvalue weighted by Gasteiger charge is 1.96. The minimum Gasteiger partial charge on any atom is -0.304 e. The highest BCUT2D eigenvalue weighted by atomic mass is 35.5. The van der Waals surface area contributed by atoms with E-state index in [2.05, 4.69) is 4.84 Å². The number of unbranched alkanes of at least 4 members (excludes halogenated alkanes) is 1. The van der Waals surface area contributed by atoms with Crippen molar-refractivity contribution in [3.05, 3.63) is 6.42 Å². The zero-order valence-corrected chi connectivity index (χ0v) is 7.58. The molecule has 0 rings (SSSR count).